The lowest BCUT2D eigenvalue weighted by molar-refractivity contribution is 0.592. The summed E-state index contributed by atoms with van der Waals surface area (Å²) in [6, 6.07) is 72.5. The number of benzene rings is 8. The molecule has 9 aromatic rings. The Morgan fingerprint density at radius 2 is 0.885 bits per heavy atom. The highest BCUT2D eigenvalue weighted by molar-refractivity contribution is 7.85. The van der Waals surface area contributed by atoms with Crippen LogP contribution in [0, 0.1) is 0 Å². The van der Waals surface area contributed by atoms with Crippen LogP contribution in [-0.2, 0) is 9.98 Å². The van der Waals surface area contributed by atoms with Gasteiger partial charge in [0.1, 0.15) is 0 Å². The van der Waals surface area contributed by atoms with E-state index in [0.29, 0.717) is 0 Å². The lowest BCUT2D eigenvalue weighted by atomic mass is 9.63. The molecule has 1 aromatic heterocycles. The van der Waals surface area contributed by atoms with Gasteiger partial charge in [-0.05, 0) is 45.5 Å². The van der Waals surface area contributed by atoms with E-state index >= 15 is 4.57 Å². The van der Waals surface area contributed by atoms with Crippen LogP contribution in [0.2, 0.25) is 0 Å². The summed E-state index contributed by atoms with van der Waals surface area (Å²) < 4.78 is 18.2. The number of aromatic nitrogens is 1. The summed E-state index contributed by atoms with van der Waals surface area (Å²) in [5, 5.41) is 4.95. The maximum Gasteiger partial charge on any atom is 0.171 e. The second-order valence-electron chi connectivity index (χ2n) is 13.6. The average molecular weight is 684 g/mol. The van der Waals surface area contributed by atoms with Gasteiger partial charge in [-0.1, -0.05) is 194 Å². The molecule has 0 saturated carbocycles. The van der Waals surface area contributed by atoms with Crippen molar-refractivity contribution < 1.29 is 4.57 Å². The van der Waals surface area contributed by atoms with Crippen LogP contribution in [0.15, 0.2) is 206 Å². The maximum atomic E-state index is 15.7. The molecule has 0 spiro atoms. The largest absolute Gasteiger partial charge is 0.309 e. The Hall–Kier alpha value is -6.21. The summed E-state index contributed by atoms with van der Waals surface area (Å²) in [5.74, 6) is 0. The maximum absolute atomic E-state index is 15.7. The first-order valence-corrected chi connectivity index (χ1v) is 19.5. The predicted molar refractivity (Wildman–Crippen MR) is 217 cm³/mol. The van der Waals surface area contributed by atoms with E-state index in [0.717, 1.165) is 32.6 Å². The van der Waals surface area contributed by atoms with Crippen LogP contribution < -0.4 is 15.9 Å². The summed E-state index contributed by atoms with van der Waals surface area (Å²) >= 11 is 0. The molecule has 0 N–H and O–H groups in total. The van der Waals surface area contributed by atoms with E-state index in [1.165, 1.54) is 44.2 Å². The van der Waals surface area contributed by atoms with E-state index in [2.05, 4.69) is 150 Å². The number of para-hydroxylation sites is 3. The van der Waals surface area contributed by atoms with Crippen molar-refractivity contribution in [1.82, 2.24) is 4.57 Å². The molecular weight excluding hydrogens is 650 g/mol. The average Bonchev–Trinajstić information content (AvgIpc) is 3.57. The molecule has 0 amide bonds. The fourth-order valence-electron chi connectivity index (χ4n) is 8.68. The van der Waals surface area contributed by atoms with E-state index in [1.54, 1.807) is 0 Å². The van der Waals surface area contributed by atoms with Gasteiger partial charge in [0.05, 0.1) is 22.1 Å². The molecule has 52 heavy (non-hydrogen) atoms. The number of nitrogens with zero attached hydrogens (tertiary/aromatic N) is 1. The Labute approximate surface area is 303 Å². The van der Waals surface area contributed by atoms with Gasteiger partial charge >= 0.3 is 0 Å². The molecule has 0 bridgehead atoms. The van der Waals surface area contributed by atoms with Gasteiger partial charge in [0.25, 0.3) is 0 Å². The highest BCUT2D eigenvalue weighted by Gasteiger charge is 2.45. The van der Waals surface area contributed by atoms with Gasteiger partial charge < -0.3 is 9.13 Å². The van der Waals surface area contributed by atoms with E-state index < -0.39 is 12.6 Å². The van der Waals surface area contributed by atoms with Crippen molar-refractivity contribution in [1.29, 1.82) is 0 Å². The second-order valence-corrected chi connectivity index (χ2v) is 16.4. The topological polar surface area (TPSA) is 22.0 Å². The summed E-state index contributed by atoms with van der Waals surface area (Å²) in [7, 11) is -3.23. The van der Waals surface area contributed by atoms with Gasteiger partial charge in [-0.25, -0.2) is 0 Å². The van der Waals surface area contributed by atoms with Crippen LogP contribution in [0.5, 0.6) is 0 Å². The zero-order chi connectivity index (χ0) is 34.7. The Morgan fingerprint density at radius 3 is 1.62 bits per heavy atom. The van der Waals surface area contributed by atoms with Gasteiger partial charge in [0.15, 0.2) is 7.14 Å². The van der Waals surface area contributed by atoms with E-state index in [9.17, 15) is 0 Å². The van der Waals surface area contributed by atoms with E-state index in [-0.39, 0.29) is 0 Å². The molecule has 0 radical (unpaired) electrons. The Balaban J connectivity index is 1.21. The first-order valence-electron chi connectivity index (χ1n) is 17.8. The zero-order valence-electron chi connectivity index (χ0n) is 28.4. The summed E-state index contributed by atoms with van der Waals surface area (Å²) in [4.78, 5) is 0. The minimum absolute atomic E-state index is 0.617. The molecule has 8 aromatic carbocycles. The van der Waals surface area contributed by atoms with Gasteiger partial charge in [-0.15, -0.1) is 0 Å². The number of hydrogen-bond donors (Lipinski definition) is 0. The number of hydrogen-bond acceptors (Lipinski definition) is 1. The zero-order valence-corrected chi connectivity index (χ0v) is 29.3. The lowest BCUT2D eigenvalue weighted by Gasteiger charge is -2.41. The highest BCUT2D eigenvalue weighted by atomic mass is 31.2. The Kier molecular flexibility index (Phi) is 7.03. The first kappa shape index (κ1) is 30.6. The molecule has 1 aliphatic heterocycles. The SMILES string of the molecule is O=P(c1ccccc1)(c1ccc(-c2ccccc2)cc1)c1ccc(C2(c3ccccc3)c3ccccc3-n3c4ccccc4c4cccc2c43)cc1. The summed E-state index contributed by atoms with van der Waals surface area (Å²) in [6.07, 6.45) is 0. The van der Waals surface area contributed by atoms with Crippen molar-refractivity contribution in [3.05, 3.63) is 229 Å². The van der Waals surface area contributed by atoms with Crippen molar-refractivity contribution in [2.45, 2.75) is 5.41 Å². The summed E-state index contributed by atoms with van der Waals surface area (Å²) in [5.41, 5.74) is 10.0. The van der Waals surface area contributed by atoms with Crippen LogP contribution >= 0.6 is 7.14 Å². The third-order valence-electron chi connectivity index (χ3n) is 11.0. The lowest BCUT2D eigenvalue weighted by Crippen LogP contribution is -2.35. The molecule has 0 aliphatic carbocycles. The molecule has 10 rings (SSSR count). The molecule has 2 atom stereocenters. The molecule has 2 nitrogen and oxygen atoms in total. The molecule has 2 unspecified atom stereocenters. The minimum Gasteiger partial charge on any atom is -0.309 e. The molecule has 1 aliphatic rings. The fourth-order valence-corrected chi connectivity index (χ4v) is 11.3. The monoisotopic (exact) mass is 683 g/mol. The smallest absolute Gasteiger partial charge is 0.171 e. The molecule has 3 heteroatoms. The quantitative estimate of drug-likeness (QED) is 0.160. The fraction of sp³-hybridized carbons (Fsp3) is 0.0204. The third kappa shape index (κ3) is 4.35. The van der Waals surface area contributed by atoms with Gasteiger partial charge in [0.2, 0.25) is 0 Å². The molecular formula is C49H34NOP. The number of rotatable bonds is 6. The van der Waals surface area contributed by atoms with Crippen molar-refractivity contribution in [3.63, 3.8) is 0 Å². The van der Waals surface area contributed by atoms with Crippen molar-refractivity contribution >= 4 is 44.9 Å². The van der Waals surface area contributed by atoms with Crippen LogP contribution in [0.25, 0.3) is 38.6 Å². The predicted octanol–water partition coefficient (Wildman–Crippen LogP) is 10.8. The molecule has 246 valence electrons. The normalized spacial score (nSPS) is 16.0. The minimum atomic E-state index is -3.23. The van der Waals surface area contributed by atoms with Crippen molar-refractivity contribution in [2.24, 2.45) is 0 Å². The van der Waals surface area contributed by atoms with E-state index in [4.69, 9.17) is 0 Å². The van der Waals surface area contributed by atoms with Gasteiger partial charge in [-0.3, -0.25) is 0 Å². The molecule has 0 fully saturated rings. The van der Waals surface area contributed by atoms with Gasteiger partial charge in [-0.2, -0.15) is 0 Å². The van der Waals surface area contributed by atoms with E-state index in [1.807, 2.05) is 60.7 Å². The van der Waals surface area contributed by atoms with Crippen molar-refractivity contribution in [2.75, 3.05) is 0 Å². The molecule has 0 saturated heterocycles. The number of fused-ring (bicyclic) bond motifs is 5. The molecule has 2 heterocycles. The van der Waals surface area contributed by atoms with Gasteiger partial charge in [0, 0.05) is 26.7 Å². The summed E-state index contributed by atoms with van der Waals surface area (Å²) in [6.45, 7) is 0. The van der Waals surface area contributed by atoms with Crippen LogP contribution in [0.4, 0.5) is 0 Å². The first-order chi connectivity index (χ1) is 25.7. The Morgan fingerprint density at radius 1 is 0.385 bits per heavy atom. The Bertz CT molecular complexity index is 2790. The van der Waals surface area contributed by atoms with Crippen LogP contribution in [0.3, 0.4) is 0 Å². The highest BCUT2D eigenvalue weighted by Crippen LogP contribution is 2.54. The standard InChI is InChI=1S/C49H34NOP/c51-52(39-19-8-3-9-20-39,40-31-27-36(28-32-40)35-15-4-1-5-16-35)41-33-29-38(30-34-41)49(37-17-6-2-7-18-37)44-23-11-13-26-47(44)50-46-25-12-10-21-42(46)43-22-14-24-45(49)48(43)50/h1-34H. The second kappa shape index (κ2) is 11.9. The van der Waals surface area contributed by atoms with Crippen molar-refractivity contribution in [3.8, 4) is 16.8 Å². The van der Waals surface area contributed by atoms with Crippen LogP contribution in [0.1, 0.15) is 22.3 Å². The van der Waals surface area contributed by atoms with Crippen LogP contribution in [-0.4, -0.2) is 4.57 Å². The third-order valence-corrected chi connectivity index (χ3v) is 14.1.